The Bertz CT molecular complexity index is 1310. The van der Waals surface area contributed by atoms with E-state index in [1.165, 1.54) is 11.1 Å². The molecule has 0 radical (unpaired) electrons. The molecule has 16 heteroatoms. The van der Waals surface area contributed by atoms with Crippen molar-refractivity contribution in [2.75, 3.05) is 0 Å². The summed E-state index contributed by atoms with van der Waals surface area (Å²) in [5.41, 5.74) is 10.1. The lowest BCUT2D eigenvalue weighted by molar-refractivity contribution is 0.272. The van der Waals surface area contributed by atoms with Crippen LogP contribution < -0.4 is 8.85 Å². The smallest absolute Gasteiger partial charge is 0.303 e. The molecule has 258 valence electrons. The van der Waals surface area contributed by atoms with Crippen molar-refractivity contribution in [2.24, 2.45) is 0 Å². The van der Waals surface area contributed by atoms with Crippen molar-refractivity contribution < 1.29 is 57.7 Å². The largest absolute Gasteiger partial charge is 0.466 e. The second kappa shape index (κ2) is 15.2. The van der Waals surface area contributed by atoms with Gasteiger partial charge in [0.25, 0.3) is 0 Å². The van der Waals surface area contributed by atoms with Crippen LogP contribution in [0.1, 0.15) is 116 Å². The van der Waals surface area contributed by atoms with Gasteiger partial charge in [-0.3, -0.25) is 0 Å². The van der Waals surface area contributed by atoms with Crippen LogP contribution in [0.15, 0.2) is 24.3 Å². The molecule has 1 aliphatic rings. The highest BCUT2D eigenvalue weighted by atomic mass is 31.2. The van der Waals surface area contributed by atoms with Gasteiger partial charge in [0.15, 0.2) is 0 Å². The predicted molar refractivity (Wildman–Crippen MR) is 180 cm³/mol. The fourth-order valence-corrected chi connectivity index (χ4v) is 7.69. The van der Waals surface area contributed by atoms with Crippen molar-refractivity contribution in [2.45, 2.75) is 111 Å². The molecule has 2 aromatic carbocycles. The first kappa shape index (κ1) is 44.3. The minimum atomic E-state index is -4.64. The van der Waals surface area contributed by atoms with Crippen molar-refractivity contribution in [3.05, 3.63) is 57.6 Å². The number of hydrogen-bond acceptors (Lipinski definition) is 3. The first-order valence-corrected chi connectivity index (χ1v) is 20.2. The van der Waals surface area contributed by atoms with Gasteiger partial charge < -0.3 is 44.0 Å². The van der Waals surface area contributed by atoms with Crippen LogP contribution in [0.4, 0.5) is 0 Å². The van der Waals surface area contributed by atoms with Crippen LogP contribution >= 0.6 is 23.5 Å². The number of phosphoric acid groups is 3. The Labute approximate surface area is 273 Å². The van der Waals surface area contributed by atoms with Gasteiger partial charge in [-0.25, -0.2) is 13.7 Å². The Kier molecular flexibility index (Phi) is 15.0. The molecule has 0 amide bonds. The highest BCUT2D eigenvalue weighted by molar-refractivity contribution is 7.45. The summed E-state index contributed by atoms with van der Waals surface area (Å²) < 4.78 is 30.1. The summed E-state index contributed by atoms with van der Waals surface area (Å²) in [6.45, 7) is 28.5. The molecule has 12 nitrogen and oxygen atoms in total. The molecule has 0 saturated heterocycles. The minimum Gasteiger partial charge on any atom is -0.303 e. The summed E-state index contributed by atoms with van der Waals surface area (Å²) in [7, 11) is -13.9. The van der Waals surface area contributed by atoms with Gasteiger partial charge >= 0.3 is 38.7 Å². The van der Waals surface area contributed by atoms with E-state index < -0.39 is 38.7 Å². The van der Waals surface area contributed by atoms with Crippen LogP contribution in [-0.2, 0) is 41.8 Å². The summed E-state index contributed by atoms with van der Waals surface area (Å²) in [5.74, 6) is 0. The molecule has 0 spiro atoms. The first-order valence-electron chi connectivity index (χ1n) is 14.1. The molecule has 0 bridgehead atoms. The SMILES string of the molecule is CC(C)(C)c1cc2[c](c(C(C)(C)C)c1)[AlH][c]1c(cc(C(C)(C)C)cc1C(C)(C)C)C2.O=P(O)(O)O.O=P(O)(O)O.O=P(O)(O)O. The molecule has 0 fully saturated rings. The van der Waals surface area contributed by atoms with E-state index in [2.05, 4.69) is 107 Å². The standard InChI is InChI=1S/C29H42.Al.3H3O4P.H/c1-26(2,3)22-14-20(15-23(18-22)27(4,5)6)13-21-16-24(28(7,8)9)19-25(17-21)29(10,11)12;;3*1-5(2,3)4;/h14,16,18-19H,13H2,1-12H3;;3*(H3,1,2,3,4);. The summed E-state index contributed by atoms with van der Waals surface area (Å²) in [6, 6.07) is 10.2. The van der Waals surface area contributed by atoms with Crippen LogP contribution in [0.25, 0.3) is 0 Å². The first-order chi connectivity index (χ1) is 19.4. The average Bonchev–Trinajstić information content (AvgIpc) is 2.69. The highest BCUT2D eigenvalue weighted by Crippen LogP contribution is 2.34. The summed E-state index contributed by atoms with van der Waals surface area (Å²) in [4.78, 5) is 64.7. The third kappa shape index (κ3) is 18.4. The van der Waals surface area contributed by atoms with E-state index in [1.54, 1.807) is 31.1 Å². The summed E-state index contributed by atoms with van der Waals surface area (Å²) in [6.07, 6.45) is 1.09. The van der Waals surface area contributed by atoms with Crippen molar-refractivity contribution in [1.29, 1.82) is 0 Å². The van der Waals surface area contributed by atoms with Gasteiger partial charge in [0.2, 0.25) is 0 Å². The van der Waals surface area contributed by atoms with Crippen molar-refractivity contribution in [3.63, 3.8) is 0 Å². The number of hydrogen-bond donors (Lipinski definition) is 9. The van der Waals surface area contributed by atoms with Gasteiger partial charge in [-0.15, -0.1) is 8.85 Å². The lowest BCUT2D eigenvalue weighted by atomic mass is 9.77. The maximum atomic E-state index is 8.88. The Balaban J connectivity index is 0.00000107. The van der Waals surface area contributed by atoms with Gasteiger partial charge in [0, 0.05) is 0 Å². The van der Waals surface area contributed by atoms with E-state index in [0.29, 0.717) is 0 Å². The van der Waals surface area contributed by atoms with Gasteiger partial charge in [0.05, 0.1) is 0 Å². The second-order valence-corrected chi connectivity index (χ2v) is 20.1. The Morgan fingerprint density at radius 3 is 0.867 bits per heavy atom. The third-order valence-electron chi connectivity index (χ3n) is 6.77. The molecule has 1 aliphatic heterocycles. The second-order valence-electron chi connectivity index (χ2n) is 15.2. The Morgan fingerprint density at radius 1 is 0.467 bits per heavy atom. The van der Waals surface area contributed by atoms with E-state index >= 15 is 0 Å². The maximum absolute atomic E-state index is 8.88. The van der Waals surface area contributed by atoms with Crippen molar-refractivity contribution >= 4 is 47.5 Å². The van der Waals surface area contributed by atoms with Gasteiger partial charge in [0.1, 0.15) is 0 Å². The lowest BCUT2D eigenvalue weighted by Gasteiger charge is -2.35. The molecule has 0 aliphatic carbocycles. The van der Waals surface area contributed by atoms with Gasteiger partial charge in [-0.2, -0.15) is 0 Å². The molecule has 0 unspecified atom stereocenters. The van der Waals surface area contributed by atoms with Gasteiger partial charge in [-0.1, -0.05) is 130 Å². The topological polar surface area (TPSA) is 233 Å². The van der Waals surface area contributed by atoms with Crippen LogP contribution in [0, 0.1) is 0 Å². The molecule has 45 heavy (non-hydrogen) atoms. The summed E-state index contributed by atoms with van der Waals surface area (Å²) >= 11 is -0.532. The van der Waals surface area contributed by atoms with Crippen molar-refractivity contribution in [3.8, 4) is 0 Å². The van der Waals surface area contributed by atoms with E-state index in [-0.39, 0.29) is 21.7 Å². The normalized spacial score (nSPS) is 13.8. The third-order valence-corrected chi connectivity index (χ3v) is 9.14. The molecular formula is C29H52AlO12P3. The zero-order valence-electron chi connectivity index (χ0n) is 28.3. The minimum absolute atomic E-state index is 0.181. The van der Waals surface area contributed by atoms with Crippen LogP contribution in [-0.4, -0.2) is 59.3 Å². The summed E-state index contributed by atoms with van der Waals surface area (Å²) in [5, 5.41) is 0. The molecule has 2 aromatic rings. The predicted octanol–water partition coefficient (Wildman–Crippen LogP) is 3.38. The van der Waals surface area contributed by atoms with Gasteiger partial charge in [-0.05, 0) is 39.2 Å². The number of benzene rings is 2. The fraction of sp³-hybridized carbons (Fsp3) is 0.586. The quantitative estimate of drug-likeness (QED) is 0.121. The highest BCUT2D eigenvalue weighted by Gasteiger charge is 2.32. The van der Waals surface area contributed by atoms with Crippen LogP contribution in [0.2, 0.25) is 0 Å². The molecular weight excluding hydrogens is 660 g/mol. The van der Waals surface area contributed by atoms with E-state index in [0.717, 1.165) is 6.42 Å². The Morgan fingerprint density at radius 2 is 0.689 bits per heavy atom. The molecule has 3 rings (SSSR count). The fourth-order valence-electron chi connectivity index (χ4n) is 4.78. The molecule has 1 heterocycles. The molecule has 9 N–H and O–H groups in total. The van der Waals surface area contributed by atoms with E-state index in [4.69, 9.17) is 57.7 Å². The monoisotopic (exact) mass is 712 g/mol. The van der Waals surface area contributed by atoms with E-state index in [1.807, 2.05) is 0 Å². The molecule has 0 saturated carbocycles. The molecule has 0 atom stereocenters. The number of fused-ring (bicyclic) bond motifs is 2. The number of rotatable bonds is 0. The Hall–Kier alpha value is -0.698. The molecule has 0 aromatic heterocycles. The lowest BCUT2D eigenvalue weighted by Crippen LogP contribution is -2.46. The van der Waals surface area contributed by atoms with Crippen molar-refractivity contribution in [1.82, 2.24) is 0 Å². The average molecular weight is 713 g/mol. The zero-order chi connectivity index (χ0) is 36.4. The maximum Gasteiger partial charge on any atom is 0.466 e. The zero-order valence-corrected chi connectivity index (χ0v) is 32.4. The van der Waals surface area contributed by atoms with Crippen LogP contribution in [0.3, 0.4) is 0 Å². The van der Waals surface area contributed by atoms with E-state index in [9.17, 15) is 0 Å². The van der Waals surface area contributed by atoms with Crippen LogP contribution in [0.5, 0.6) is 0 Å².